The van der Waals surface area contributed by atoms with Gasteiger partial charge in [0.1, 0.15) is 0 Å². The van der Waals surface area contributed by atoms with Crippen molar-refractivity contribution in [2.24, 2.45) is 0 Å². The van der Waals surface area contributed by atoms with Crippen LogP contribution in [0.5, 0.6) is 0 Å². The third-order valence-corrected chi connectivity index (χ3v) is 4.89. The quantitative estimate of drug-likeness (QED) is 0.717. The van der Waals surface area contributed by atoms with Crippen molar-refractivity contribution in [2.75, 3.05) is 0 Å². The summed E-state index contributed by atoms with van der Waals surface area (Å²) in [6.45, 7) is 2.31. The Balaban J connectivity index is 1.82. The maximum atomic E-state index is 3.89. The lowest BCUT2D eigenvalue weighted by atomic mass is 9.97. The predicted octanol–water partition coefficient (Wildman–Crippen LogP) is 6.01. The molecule has 21 heavy (non-hydrogen) atoms. The largest absolute Gasteiger partial charge is 0.307 e. The monoisotopic (exact) mass is 287 g/mol. The van der Waals surface area contributed by atoms with Crippen LogP contribution in [0.4, 0.5) is 0 Å². The zero-order valence-electron chi connectivity index (χ0n) is 13.8. The molecule has 0 aromatic heterocycles. The lowest BCUT2D eigenvalue weighted by Gasteiger charge is -2.24. The minimum absolute atomic E-state index is 0.476. The Bertz CT molecular complexity index is 347. The SMILES string of the molecule is CC(NC1CCCCCCCCCCC1)c1ccccc1. The van der Waals surface area contributed by atoms with Crippen molar-refractivity contribution in [3.05, 3.63) is 35.9 Å². The van der Waals surface area contributed by atoms with Crippen LogP contribution in [0, 0.1) is 0 Å². The Labute approximate surface area is 131 Å². The second kappa shape index (κ2) is 10.00. The molecule has 0 bridgehead atoms. The summed E-state index contributed by atoms with van der Waals surface area (Å²) >= 11 is 0. The summed E-state index contributed by atoms with van der Waals surface area (Å²) in [7, 11) is 0. The van der Waals surface area contributed by atoms with E-state index in [1.807, 2.05) is 0 Å². The first-order valence-corrected chi connectivity index (χ1v) is 9.17. The van der Waals surface area contributed by atoms with Gasteiger partial charge in [-0.2, -0.15) is 0 Å². The van der Waals surface area contributed by atoms with Crippen LogP contribution in [0.2, 0.25) is 0 Å². The molecule has 1 atom stereocenters. The second-order valence-electron chi connectivity index (χ2n) is 6.76. The molecule has 118 valence electrons. The first kappa shape index (κ1) is 16.5. The Morgan fingerprint density at radius 2 is 1.24 bits per heavy atom. The summed E-state index contributed by atoms with van der Waals surface area (Å²) in [4.78, 5) is 0. The third-order valence-electron chi connectivity index (χ3n) is 4.89. The van der Waals surface area contributed by atoms with Crippen LogP contribution in [0.25, 0.3) is 0 Å². The molecule has 0 heterocycles. The van der Waals surface area contributed by atoms with E-state index in [9.17, 15) is 0 Å². The van der Waals surface area contributed by atoms with Gasteiger partial charge in [-0.1, -0.05) is 88.1 Å². The summed E-state index contributed by atoms with van der Waals surface area (Å²) in [6.07, 6.45) is 15.6. The number of rotatable bonds is 3. The molecule has 1 aromatic carbocycles. The molecule has 0 radical (unpaired) electrons. The maximum absolute atomic E-state index is 3.89. The van der Waals surface area contributed by atoms with Gasteiger partial charge < -0.3 is 5.32 Å². The van der Waals surface area contributed by atoms with Crippen molar-refractivity contribution in [1.82, 2.24) is 5.32 Å². The average Bonchev–Trinajstić information content (AvgIpc) is 2.51. The molecule has 1 aromatic rings. The van der Waals surface area contributed by atoms with E-state index in [4.69, 9.17) is 0 Å². The summed E-state index contributed by atoms with van der Waals surface area (Å²) in [6, 6.07) is 12.1. The normalized spacial score (nSPS) is 21.2. The van der Waals surface area contributed by atoms with E-state index in [-0.39, 0.29) is 0 Å². The van der Waals surface area contributed by atoms with Gasteiger partial charge in [-0.05, 0) is 25.3 Å². The lowest BCUT2D eigenvalue weighted by Crippen LogP contribution is -2.31. The van der Waals surface area contributed by atoms with Crippen LogP contribution in [-0.2, 0) is 0 Å². The number of hydrogen-bond acceptors (Lipinski definition) is 1. The summed E-state index contributed by atoms with van der Waals surface area (Å²) in [5, 5.41) is 3.89. The van der Waals surface area contributed by atoms with E-state index >= 15 is 0 Å². The van der Waals surface area contributed by atoms with E-state index in [0.29, 0.717) is 12.1 Å². The first-order valence-electron chi connectivity index (χ1n) is 9.17. The van der Waals surface area contributed by atoms with Crippen LogP contribution >= 0.6 is 0 Å². The molecule has 2 rings (SSSR count). The van der Waals surface area contributed by atoms with Gasteiger partial charge in [0.05, 0.1) is 0 Å². The summed E-state index contributed by atoms with van der Waals surface area (Å²) in [5.74, 6) is 0. The molecule has 1 N–H and O–H groups in total. The molecule has 1 fully saturated rings. The Morgan fingerprint density at radius 3 is 1.76 bits per heavy atom. The van der Waals surface area contributed by atoms with Crippen LogP contribution in [0.15, 0.2) is 30.3 Å². The highest BCUT2D eigenvalue weighted by molar-refractivity contribution is 5.18. The van der Waals surface area contributed by atoms with Crippen LogP contribution in [0.3, 0.4) is 0 Å². The highest BCUT2D eigenvalue weighted by atomic mass is 14.9. The predicted molar refractivity (Wildman–Crippen MR) is 92.6 cm³/mol. The smallest absolute Gasteiger partial charge is 0.0294 e. The molecule has 0 spiro atoms. The van der Waals surface area contributed by atoms with Crippen LogP contribution < -0.4 is 5.32 Å². The lowest BCUT2D eigenvalue weighted by molar-refractivity contribution is 0.375. The average molecular weight is 287 g/mol. The standard InChI is InChI=1S/C20H33N/c1-18(19-14-10-9-11-15-19)21-20-16-12-7-5-3-2-4-6-8-13-17-20/h9-11,14-15,18,20-21H,2-8,12-13,16-17H2,1H3. The van der Waals surface area contributed by atoms with Gasteiger partial charge in [0.15, 0.2) is 0 Å². The first-order chi connectivity index (χ1) is 10.4. The second-order valence-corrected chi connectivity index (χ2v) is 6.76. The molecular formula is C20H33N. The highest BCUT2D eigenvalue weighted by Gasteiger charge is 2.13. The van der Waals surface area contributed by atoms with Gasteiger partial charge in [0, 0.05) is 12.1 Å². The van der Waals surface area contributed by atoms with Crippen molar-refractivity contribution >= 4 is 0 Å². The molecule has 1 nitrogen and oxygen atoms in total. The number of nitrogens with one attached hydrogen (secondary N) is 1. The van der Waals surface area contributed by atoms with Gasteiger partial charge >= 0.3 is 0 Å². The van der Waals surface area contributed by atoms with Crippen LogP contribution in [-0.4, -0.2) is 6.04 Å². The van der Waals surface area contributed by atoms with Crippen molar-refractivity contribution < 1.29 is 0 Å². The van der Waals surface area contributed by atoms with E-state index in [1.165, 1.54) is 76.2 Å². The molecule has 1 aliphatic carbocycles. The fourth-order valence-corrected chi connectivity index (χ4v) is 3.52. The topological polar surface area (TPSA) is 12.0 Å². The maximum Gasteiger partial charge on any atom is 0.0294 e. The van der Waals surface area contributed by atoms with Crippen molar-refractivity contribution in [2.45, 2.75) is 89.6 Å². The Kier molecular flexibility index (Phi) is 7.88. The Morgan fingerprint density at radius 1 is 0.762 bits per heavy atom. The van der Waals surface area contributed by atoms with E-state index in [1.54, 1.807) is 0 Å². The molecule has 1 unspecified atom stereocenters. The summed E-state index contributed by atoms with van der Waals surface area (Å²) in [5.41, 5.74) is 1.42. The van der Waals surface area contributed by atoms with Crippen LogP contribution in [0.1, 0.15) is 89.2 Å². The fraction of sp³-hybridized carbons (Fsp3) is 0.700. The number of benzene rings is 1. The summed E-state index contributed by atoms with van der Waals surface area (Å²) < 4.78 is 0. The molecule has 1 heteroatoms. The van der Waals surface area contributed by atoms with Crippen molar-refractivity contribution in [3.63, 3.8) is 0 Å². The molecular weight excluding hydrogens is 254 g/mol. The minimum Gasteiger partial charge on any atom is -0.307 e. The van der Waals surface area contributed by atoms with Gasteiger partial charge in [-0.3, -0.25) is 0 Å². The van der Waals surface area contributed by atoms with Crippen molar-refractivity contribution in [3.8, 4) is 0 Å². The van der Waals surface area contributed by atoms with E-state index in [0.717, 1.165) is 0 Å². The fourth-order valence-electron chi connectivity index (χ4n) is 3.52. The van der Waals surface area contributed by atoms with Crippen molar-refractivity contribution in [1.29, 1.82) is 0 Å². The Hall–Kier alpha value is -0.820. The van der Waals surface area contributed by atoms with Gasteiger partial charge in [0.25, 0.3) is 0 Å². The molecule has 0 aliphatic heterocycles. The highest BCUT2D eigenvalue weighted by Crippen LogP contribution is 2.20. The molecule has 1 aliphatic rings. The van der Waals surface area contributed by atoms with E-state index < -0.39 is 0 Å². The number of hydrogen-bond donors (Lipinski definition) is 1. The minimum atomic E-state index is 0.476. The van der Waals surface area contributed by atoms with Gasteiger partial charge in [-0.25, -0.2) is 0 Å². The molecule has 0 saturated heterocycles. The third kappa shape index (κ3) is 6.65. The van der Waals surface area contributed by atoms with Gasteiger partial charge in [-0.15, -0.1) is 0 Å². The molecule has 1 saturated carbocycles. The molecule has 0 amide bonds. The van der Waals surface area contributed by atoms with Gasteiger partial charge in [0.2, 0.25) is 0 Å². The zero-order valence-corrected chi connectivity index (χ0v) is 13.8. The zero-order chi connectivity index (χ0) is 14.8. The van der Waals surface area contributed by atoms with E-state index in [2.05, 4.69) is 42.6 Å².